The first-order valence-corrected chi connectivity index (χ1v) is 7.29. The smallest absolute Gasteiger partial charge is 0.784 e. The van der Waals surface area contributed by atoms with Gasteiger partial charge < -0.3 is 13.8 Å². The van der Waals surface area contributed by atoms with Crippen molar-refractivity contribution in [2.75, 3.05) is 32.8 Å². The molecule has 1 heterocycles. The molecule has 8 heteroatoms. The minimum absolute atomic E-state index is 0. The van der Waals surface area contributed by atoms with Gasteiger partial charge in [0, 0.05) is 13.1 Å². The summed E-state index contributed by atoms with van der Waals surface area (Å²) in [6, 6.07) is 10.7. The van der Waals surface area contributed by atoms with Gasteiger partial charge in [0.1, 0.15) is 0 Å². The van der Waals surface area contributed by atoms with E-state index in [1.165, 1.54) is 24.9 Å². The number of aryl methyl sites for hydroxylation is 1. The first-order chi connectivity index (χ1) is 9.18. The third-order valence-electron chi connectivity index (χ3n) is 2.89. The second-order valence-electron chi connectivity index (χ2n) is 4.25. The summed E-state index contributed by atoms with van der Waals surface area (Å²) in [7, 11) is 0. The number of benzene rings is 1. The SMILES string of the molecule is O=S([O-])[O-].[Li+].[Li+].c1ccc(CCCN2CCOCC2)cc1. The van der Waals surface area contributed by atoms with Gasteiger partial charge in [-0.15, -0.1) is 11.4 Å². The van der Waals surface area contributed by atoms with Gasteiger partial charge >= 0.3 is 37.7 Å². The van der Waals surface area contributed by atoms with Gasteiger partial charge in [-0.1, -0.05) is 30.3 Å². The van der Waals surface area contributed by atoms with E-state index in [0.717, 1.165) is 26.3 Å². The number of rotatable bonds is 4. The summed E-state index contributed by atoms with van der Waals surface area (Å²) in [6.45, 7) is 5.23. The summed E-state index contributed by atoms with van der Waals surface area (Å²) in [5, 5.41) is 0. The molecule has 0 atom stereocenters. The van der Waals surface area contributed by atoms with Crippen LogP contribution in [0.5, 0.6) is 0 Å². The summed E-state index contributed by atoms with van der Waals surface area (Å²) in [5.74, 6) is 0. The fourth-order valence-corrected chi connectivity index (χ4v) is 1.98. The molecule has 0 amide bonds. The Morgan fingerprint density at radius 1 is 1.10 bits per heavy atom. The maximum absolute atomic E-state index is 8.44. The Labute approximate surface area is 153 Å². The monoisotopic (exact) mass is 299 g/mol. The van der Waals surface area contributed by atoms with Crippen molar-refractivity contribution in [1.29, 1.82) is 0 Å². The molecule has 21 heavy (non-hydrogen) atoms. The molecular weight excluding hydrogens is 280 g/mol. The fourth-order valence-electron chi connectivity index (χ4n) is 1.98. The minimum Gasteiger partial charge on any atom is -0.784 e. The van der Waals surface area contributed by atoms with E-state index >= 15 is 0 Å². The van der Waals surface area contributed by atoms with Crippen LogP contribution in [0.15, 0.2) is 30.3 Å². The second-order valence-corrected chi connectivity index (χ2v) is 4.66. The van der Waals surface area contributed by atoms with Crippen molar-refractivity contribution in [2.24, 2.45) is 0 Å². The Morgan fingerprint density at radius 2 is 1.62 bits per heavy atom. The zero-order valence-electron chi connectivity index (χ0n) is 12.8. The molecule has 1 aliphatic rings. The van der Waals surface area contributed by atoms with Crippen molar-refractivity contribution in [3.63, 3.8) is 0 Å². The van der Waals surface area contributed by atoms with Crippen LogP contribution in [-0.2, 0) is 22.5 Å². The molecular formula is C13H19Li2NO4S. The summed E-state index contributed by atoms with van der Waals surface area (Å²) >= 11 is -3.11. The molecule has 1 aromatic carbocycles. The van der Waals surface area contributed by atoms with E-state index in [2.05, 4.69) is 35.2 Å². The molecule has 0 aliphatic carbocycles. The van der Waals surface area contributed by atoms with E-state index < -0.39 is 11.4 Å². The fraction of sp³-hybridized carbons (Fsp3) is 0.538. The maximum Gasteiger partial charge on any atom is 1.00 e. The predicted octanol–water partition coefficient (Wildman–Crippen LogP) is -5.04. The zero-order valence-corrected chi connectivity index (χ0v) is 13.6. The Hall–Kier alpha value is 0.405. The third-order valence-corrected chi connectivity index (χ3v) is 2.89. The van der Waals surface area contributed by atoms with Crippen LogP contribution in [0.2, 0.25) is 0 Å². The first-order valence-electron chi connectivity index (χ1n) is 6.29. The van der Waals surface area contributed by atoms with Crippen LogP contribution in [-0.4, -0.2) is 51.1 Å². The average molecular weight is 299 g/mol. The zero-order chi connectivity index (χ0) is 13.9. The van der Waals surface area contributed by atoms with Crippen LogP contribution in [0.4, 0.5) is 0 Å². The molecule has 0 saturated carbocycles. The van der Waals surface area contributed by atoms with Crippen LogP contribution in [0, 0.1) is 0 Å². The van der Waals surface area contributed by atoms with E-state index in [0.29, 0.717) is 0 Å². The number of hydrogen-bond donors (Lipinski definition) is 0. The largest absolute Gasteiger partial charge is 1.00 e. The van der Waals surface area contributed by atoms with Crippen LogP contribution in [0.25, 0.3) is 0 Å². The number of hydrogen-bond acceptors (Lipinski definition) is 5. The van der Waals surface area contributed by atoms with E-state index in [4.69, 9.17) is 18.1 Å². The van der Waals surface area contributed by atoms with Crippen molar-refractivity contribution in [2.45, 2.75) is 12.8 Å². The van der Waals surface area contributed by atoms with Crippen molar-refractivity contribution in [3.8, 4) is 0 Å². The molecule has 0 radical (unpaired) electrons. The maximum atomic E-state index is 8.44. The van der Waals surface area contributed by atoms with Gasteiger partial charge in [0.15, 0.2) is 0 Å². The minimum atomic E-state index is -3.11. The Balaban J connectivity index is 0. The molecule has 0 N–H and O–H groups in total. The molecule has 0 spiro atoms. The molecule has 2 rings (SSSR count). The van der Waals surface area contributed by atoms with E-state index in [9.17, 15) is 0 Å². The summed E-state index contributed by atoms with van der Waals surface area (Å²) < 4.78 is 30.7. The summed E-state index contributed by atoms with van der Waals surface area (Å²) in [5.41, 5.74) is 1.45. The van der Waals surface area contributed by atoms with Crippen LogP contribution < -0.4 is 37.7 Å². The van der Waals surface area contributed by atoms with Gasteiger partial charge in [-0.25, -0.2) is 0 Å². The third kappa shape index (κ3) is 13.8. The first kappa shape index (κ1) is 23.7. The Morgan fingerprint density at radius 3 is 2.14 bits per heavy atom. The van der Waals surface area contributed by atoms with E-state index in [1.54, 1.807) is 0 Å². The van der Waals surface area contributed by atoms with Crippen molar-refractivity contribution >= 4 is 11.4 Å². The van der Waals surface area contributed by atoms with Gasteiger partial charge in [-0.05, 0) is 24.9 Å². The van der Waals surface area contributed by atoms with Gasteiger partial charge in [0.05, 0.1) is 13.2 Å². The second kappa shape index (κ2) is 15.3. The molecule has 1 saturated heterocycles. The molecule has 1 aliphatic heterocycles. The molecule has 0 unspecified atom stereocenters. The van der Waals surface area contributed by atoms with Gasteiger partial charge in [-0.3, -0.25) is 9.11 Å². The van der Waals surface area contributed by atoms with Gasteiger partial charge in [0.25, 0.3) is 0 Å². The normalized spacial score (nSPS) is 14.4. The van der Waals surface area contributed by atoms with E-state index in [-0.39, 0.29) is 37.7 Å². The average Bonchev–Trinajstić information content (AvgIpc) is 2.41. The van der Waals surface area contributed by atoms with Crippen molar-refractivity contribution < 1.29 is 55.8 Å². The Kier molecular flexibility index (Phi) is 17.3. The number of morpholine rings is 1. The number of ether oxygens (including phenoxy) is 1. The van der Waals surface area contributed by atoms with E-state index in [1.807, 2.05) is 0 Å². The van der Waals surface area contributed by atoms with Crippen LogP contribution >= 0.6 is 0 Å². The van der Waals surface area contributed by atoms with Gasteiger partial charge in [0.2, 0.25) is 0 Å². The van der Waals surface area contributed by atoms with Crippen LogP contribution in [0.1, 0.15) is 12.0 Å². The van der Waals surface area contributed by atoms with Crippen LogP contribution in [0.3, 0.4) is 0 Å². The topological polar surface area (TPSA) is 75.7 Å². The standard InChI is InChI=1S/C13H19NO.2Li.H2O3S/c1-2-5-13(6-3-1)7-4-8-14-9-11-15-12-10-14;;;1-4(2)3/h1-3,5-6H,4,7-12H2;;;(H2,1,2,3)/q;2*+1;/p-2. The molecule has 0 bridgehead atoms. The summed E-state index contributed by atoms with van der Waals surface area (Å²) in [6.07, 6.45) is 2.45. The molecule has 1 fully saturated rings. The molecule has 1 aromatic rings. The summed E-state index contributed by atoms with van der Waals surface area (Å²) in [4.78, 5) is 2.49. The molecule has 5 nitrogen and oxygen atoms in total. The molecule has 108 valence electrons. The Bertz CT molecular complexity index is 360. The van der Waals surface area contributed by atoms with Gasteiger partial charge in [-0.2, -0.15) is 0 Å². The van der Waals surface area contributed by atoms with Crippen molar-refractivity contribution in [3.05, 3.63) is 35.9 Å². The quantitative estimate of drug-likeness (QED) is 0.411. The number of nitrogens with zero attached hydrogens (tertiary/aromatic N) is 1. The van der Waals surface area contributed by atoms with Crippen molar-refractivity contribution in [1.82, 2.24) is 4.90 Å². The predicted molar refractivity (Wildman–Crippen MR) is 71.7 cm³/mol. The molecule has 0 aromatic heterocycles.